The van der Waals surface area contributed by atoms with Crippen LogP contribution in [0.4, 0.5) is 10.5 Å². The molecule has 130 valence electrons. The van der Waals surface area contributed by atoms with E-state index in [4.69, 9.17) is 4.42 Å². The van der Waals surface area contributed by atoms with Crippen molar-refractivity contribution < 1.29 is 18.8 Å². The number of anilines is 1. The van der Waals surface area contributed by atoms with E-state index in [1.165, 1.54) is 6.26 Å². The van der Waals surface area contributed by atoms with Crippen molar-refractivity contribution in [2.75, 3.05) is 11.9 Å². The minimum atomic E-state index is -1.30. The lowest BCUT2D eigenvalue weighted by Gasteiger charge is -2.18. The molecule has 1 aliphatic rings. The second kappa shape index (κ2) is 6.43. The molecule has 7 nitrogen and oxygen atoms in total. The van der Waals surface area contributed by atoms with Crippen molar-refractivity contribution in [3.05, 3.63) is 54.0 Å². The van der Waals surface area contributed by atoms with E-state index in [-0.39, 0.29) is 6.54 Å². The summed E-state index contributed by atoms with van der Waals surface area (Å²) in [4.78, 5) is 37.8. The maximum absolute atomic E-state index is 12.6. The van der Waals surface area contributed by atoms with Crippen molar-refractivity contribution in [1.29, 1.82) is 0 Å². The van der Waals surface area contributed by atoms with E-state index >= 15 is 0 Å². The molecule has 1 unspecified atom stereocenters. The number of nitrogens with one attached hydrogen (secondary N) is 2. The number of amides is 4. The van der Waals surface area contributed by atoms with Crippen LogP contribution in [0, 0.1) is 0 Å². The summed E-state index contributed by atoms with van der Waals surface area (Å²) in [5, 5.41) is 5.27. The van der Waals surface area contributed by atoms with E-state index in [0.717, 1.165) is 16.9 Å². The smallest absolute Gasteiger partial charge is 0.325 e. The van der Waals surface area contributed by atoms with Crippen molar-refractivity contribution >= 4 is 23.5 Å². The van der Waals surface area contributed by atoms with Crippen LogP contribution in [0.5, 0.6) is 0 Å². The Balaban J connectivity index is 1.68. The molecular weight excluding hydrogens is 322 g/mol. The van der Waals surface area contributed by atoms with Crippen molar-refractivity contribution in [2.24, 2.45) is 0 Å². The Morgan fingerprint density at radius 2 is 1.96 bits per heavy atom. The third kappa shape index (κ3) is 3.13. The normalized spacial score (nSPS) is 19.8. The molecule has 1 saturated heterocycles. The van der Waals surface area contributed by atoms with Crippen molar-refractivity contribution in [1.82, 2.24) is 10.2 Å². The third-order valence-corrected chi connectivity index (χ3v) is 4.24. The molecule has 1 aromatic carbocycles. The highest BCUT2D eigenvalue weighted by atomic mass is 16.3. The van der Waals surface area contributed by atoms with Crippen LogP contribution in [0.25, 0.3) is 0 Å². The zero-order chi connectivity index (χ0) is 18.0. The van der Waals surface area contributed by atoms with Crippen LogP contribution in [0.1, 0.15) is 25.2 Å². The summed E-state index contributed by atoms with van der Waals surface area (Å²) in [5.74, 6) is -0.649. The number of hydrogen-bond donors (Lipinski definition) is 2. The average Bonchev–Trinajstić information content (AvgIpc) is 3.20. The SMILES string of the molecule is CCc1ccc(NC(=O)CN2C(=O)NC(C)(c3ccco3)C2=O)cc1. The Labute approximate surface area is 145 Å². The molecule has 0 radical (unpaired) electrons. The molecule has 1 aromatic heterocycles. The second-order valence-electron chi connectivity index (χ2n) is 6.02. The Kier molecular flexibility index (Phi) is 4.31. The molecule has 7 heteroatoms. The number of rotatable bonds is 5. The van der Waals surface area contributed by atoms with Gasteiger partial charge in [0, 0.05) is 5.69 Å². The molecule has 1 aliphatic heterocycles. The van der Waals surface area contributed by atoms with Gasteiger partial charge < -0.3 is 15.1 Å². The van der Waals surface area contributed by atoms with Crippen LogP contribution >= 0.6 is 0 Å². The van der Waals surface area contributed by atoms with Crippen LogP contribution in [-0.4, -0.2) is 29.3 Å². The fourth-order valence-electron chi connectivity index (χ4n) is 2.74. The fourth-order valence-corrected chi connectivity index (χ4v) is 2.74. The Bertz CT molecular complexity index is 798. The molecule has 2 N–H and O–H groups in total. The van der Waals surface area contributed by atoms with Crippen molar-refractivity contribution in [3.63, 3.8) is 0 Å². The lowest BCUT2D eigenvalue weighted by atomic mass is 9.99. The van der Waals surface area contributed by atoms with Crippen LogP contribution in [-0.2, 0) is 21.5 Å². The predicted molar refractivity (Wildman–Crippen MR) is 90.8 cm³/mol. The van der Waals surface area contributed by atoms with Gasteiger partial charge in [0.2, 0.25) is 5.91 Å². The Morgan fingerprint density at radius 3 is 2.56 bits per heavy atom. The fraction of sp³-hybridized carbons (Fsp3) is 0.278. The number of imide groups is 1. The summed E-state index contributed by atoms with van der Waals surface area (Å²) in [7, 11) is 0. The molecule has 0 aliphatic carbocycles. The number of aryl methyl sites for hydroxylation is 1. The van der Waals surface area contributed by atoms with Gasteiger partial charge in [0.25, 0.3) is 5.91 Å². The van der Waals surface area contributed by atoms with Gasteiger partial charge in [0.05, 0.1) is 6.26 Å². The Hall–Kier alpha value is -3.09. The summed E-state index contributed by atoms with van der Waals surface area (Å²) >= 11 is 0. The number of hydrogen-bond acceptors (Lipinski definition) is 4. The quantitative estimate of drug-likeness (QED) is 0.816. The lowest BCUT2D eigenvalue weighted by Crippen LogP contribution is -2.41. The monoisotopic (exact) mass is 341 g/mol. The van der Waals surface area contributed by atoms with E-state index in [9.17, 15) is 14.4 Å². The first-order chi connectivity index (χ1) is 11.9. The van der Waals surface area contributed by atoms with Crippen LogP contribution in [0.3, 0.4) is 0 Å². The number of carbonyl (C=O) groups excluding carboxylic acids is 3. The highest BCUT2D eigenvalue weighted by Crippen LogP contribution is 2.28. The highest BCUT2D eigenvalue weighted by molar-refractivity contribution is 6.09. The number of furan rings is 1. The van der Waals surface area contributed by atoms with E-state index in [2.05, 4.69) is 10.6 Å². The zero-order valence-corrected chi connectivity index (χ0v) is 14.0. The predicted octanol–water partition coefficient (Wildman–Crippen LogP) is 2.25. The largest absolute Gasteiger partial charge is 0.466 e. The van der Waals surface area contributed by atoms with E-state index in [1.54, 1.807) is 31.2 Å². The van der Waals surface area contributed by atoms with Gasteiger partial charge in [-0.1, -0.05) is 19.1 Å². The number of benzene rings is 1. The van der Waals surface area contributed by atoms with Gasteiger partial charge in [-0.05, 0) is 43.2 Å². The maximum Gasteiger partial charge on any atom is 0.325 e. The first-order valence-electron chi connectivity index (χ1n) is 8.01. The summed E-state index contributed by atoms with van der Waals surface area (Å²) in [6.45, 7) is 3.23. The molecule has 1 fully saturated rings. The molecule has 3 rings (SSSR count). The topological polar surface area (TPSA) is 91.7 Å². The average molecular weight is 341 g/mol. The summed E-state index contributed by atoms with van der Waals surface area (Å²) in [6.07, 6.45) is 2.33. The molecule has 2 aromatic rings. The maximum atomic E-state index is 12.6. The van der Waals surface area contributed by atoms with Crippen molar-refractivity contribution in [2.45, 2.75) is 25.8 Å². The summed E-state index contributed by atoms with van der Waals surface area (Å²) < 4.78 is 5.25. The van der Waals surface area contributed by atoms with Gasteiger partial charge in [-0.2, -0.15) is 0 Å². The number of urea groups is 1. The zero-order valence-electron chi connectivity index (χ0n) is 14.0. The minimum absolute atomic E-state index is 0.323. The standard InChI is InChI=1S/C18H19N3O4/c1-3-12-6-8-13(9-7-12)19-15(22)11-21-16(23)18(2,20-17(21)24)14-5-4-10-25-14/h4-10H,3,11H2,1-2H3,(H,19,22)(H,20,24). The van der Waals surface area contributed by atoms with Crippen molar-refractivity contribution in [3.8, 4) is 0 Å². The first-order valence-corrected chi connectivity index (χ1v) is 8.01. The summed E-state index contributed by atoms with van der Waals surface area (Å²) in [5.41, 5.74) is 0.466. The van der Waals surface area contributed by atoms with E-state index in [0.29, 0.717) is 11.4 Å². The molecular formula is C18H19N3O4. The van der Waals surface area contributed by atoms with Gasteiger partial charge in [-0.3, -0.25) is 14.5 Å². The molecule has 4 amide bonds. The second-order valence-corrected chi connectivity index (χ2v) is 6.02. The third-order valence-electron chi connectivity index (χ3n) is 4.24. The first kappa shape index (κ1) is 16.8. The van der Waals surface area contributed by atoms with Crippen LogP contribution < -0.4 is 10.6 Å². The van der Waals surface area contributed by atoms with Gasteiger partial charge >= 0.3 is 6.03 Å². The van der Waals surface area contributed by atoms with E-state index in [1.807, 2.05) is 19.1 Å². The van der Waals surface area contributed by atoms with Crippen LogP contribution in [0.2, 0.25) is 0 Å². The molecule has 25 heavy (non-hydrogen) atoms. The lowest BCUT2D eigenvalue weighted by molar-refractivity contribution is -0.134. The highest BCUT2D eigenvalue weighted by Gasteiger charge is 2.51. The van der Waals surface area contributed by atoms with Gasteiger partial charge in [-0.25, -0.2) is 4.79 Å². The van der Waals surface area contributed by atoms with Crippen LogP contribution in [0.15, 0.2) is 47.1 Å². The van der Waals surface area contributed by atoms with E-state index < -0.39 is 23.4 Å². The number of nitrogens with zero attached hydrogens (tertiary/aromatic N) is 1. The molecule has 1 atom stereocenters. The molecule has 0 spiro atoms. The minimum Gasteiger partial charge on any atom is -0.466 e. The summed E-state index contributed by atoms with van der Waals surface area (Å²) in [6, 6.07) is 10.0. The Morgan fingerprint density at radius 1 is 1.24 bits per heavy atom. The van der Waals surface area contributed by atoms with Gasteiger partial charge in [0.1, 0.15) is 12.3 Å². The van der Waals surface area contributed by atoms with Gasteiger partial charge in [0.15, 0.2) is 5.54 Å². The molecule has 0 saturated carbocycles. The molecule has 0 bridgehead atoms. The number of carbonyl (C=O) groups is 3. The molecule has 2 heterocycles. The van der Waals surface area contributed by atoms with Gasteiger partial charge in [-0.15, -0.1) is 0 Å².